The SMILES string of the molecule is O[Si]/N=C/O/C=N/[Si]O. The van der Waals surface area contributed by atoms with Crippen LogP contribution in [-0.2, 0) is 4.74 Å². The predicted molar refractivity (Wildman–Crippen MR) is 34.0 cm³/mol. The van der Waals surface area contributed by atoms with E-state index >= 15 is 0 Å². The molecule has 0 rings (SSSR count). The van der Waals surface area contributed by atoms with Gasteiger partial charge in [-0.05, 0) is 0 Å². The topological polar surface area (TPSA) is 74.4 Å². The van der Waals surface area contributed by atoms with Gasteiger partial charge in [0.05, 0.1) is 0 Å². The van der Waals surface area contributed by atoms with Crippen LogP contribution in [0, 0.1) is 0 Å². The van der Waals surface area contributed by atoms with E-state index in [4.69, 9.17) is 9.59 Å². The first-order valence-electron chi connectivity index (χ1n) is 1.88. The lowest BCUT2D eigenvalue weighted by Crippen LogP contribution is -1.89. The van der Waals surface area contributed by atoms with Crippen LogP contribution in [-0.4, -0.2) is 42.2 Å². The summed E-state index contributed by atoms with van der Waals surface area (Å²) in [6.07, 6.45) is 2.09. The van der Waals surface area contributed by atoms with E-state index in [9.17, 15) is 0 Å². The minimum absolute atomic E-state index is 0.508. The van der Waals surface area contributed by atoms with Crippen LogP contribution in [0.1, 0.15) is 0 Å². The number of hydrogen-bond acceptors (Lipinski definition) is 5. The van der Waals surface area contributed by atoms with Crippen molar-refractivity contribution in [1.29, 1.82) is 0 Å². The lowest BCUT2D eigenvalue weighted by molar-refractivity contribution is 0.577. The molecule has 5 nitrogen and oxygen atoms in total. The molecule has 0 saturated carbocycles. The molecule has 0 unspecified atom stereocenters. The molecule has 9 heavy (non-hydrogen) atoms. The van der Waals surface area contributed by atoms with E-state index in [2.05, 4.69) is 14.1 Å². The summed E-state index contributed by atoms with van der Waals surface area (Å²) in [4.78, 5) is 16.2. The minimum Gasteiger partial charge on any atom is -0.437 e. The minimum atomic E-state index is -0.508. The highest BCUT2D eigenvalue weighted by atomic mass is 28.2. The third-order valence-electron chi connectivity index (χ3n) is 0.343. The standard InChI is InChI=1S/C2H4N2O3Si2/c5-8-3-1-7-2-4-9-6/h1-2,5-6H/b3-1+,4-2+. The average molecular weight is 160 g/mol. The van der Waals surface area contributed by atoms with Crippen molar-refractivity contribution in [3.05, 3.63) is 0 Å². The summed E-state index contributed by atoms with van der Waals surface area (Å²) in [5.74, 6) is 0. The van der Waals surface area contributed by atoms with Crippen molar-refractivity contribution in [2.45, 2.75) is 0 Å². The second-order valence-corrected chi connectivity index (χ2v) is 1.72. The first kappa shape index (κ1) is 8.49. The van der Waals surface area contributed by atoms with E-state index in [1.807, 2.05) is 0 Å². The van der Waals surface area contributed by atoms with Gasteiger partial charge in [-0.25, -0.2) is 0 Å². The van der Waals surface area contributed by atoms with E-state index in [1.54, 1.807) is 0 Å². The van der Waals surface area contributed by atoms with Gasteiger partial charge in [0.2, 0.25) is 0 Å². The van der Waals surface area contributed by atoms with Crippen LogP contribution in [0.15, 0.2) is 9.32 Å². The fourth-order valence-electron chi connectivity index (χ4n) is 0.135. The monoisotopic (exact) mass is 160 g/mol. The van der Waals surface area contributed by atoms with Gasteiger partial charge in [-0.3, -0.25) is 9.32 Å². The second kappa shape index (κ2) is 7.49. The zero-order valence-corrected chi connectivity index (χ0v) is 6.35. The molecule has 0 aromatic carbocycles. The van der Waals surface area contributed by atoms with Gasteiger partial charge >= 0.3 is 19.8 Å². The molecule has 0 atom stereocenters. The number of ether oxygens (including phenoxy) is 1. The molecule has 0 aromatic heterocycles. The zero-order chi connectivity index (χ0) is 6.95. The Morgan fingerprint density at radius 2 is 1.56 bits per heavy atom. The van der Waals surface area contributed by atoms with Gasteiger partial charge in [0.25, 0.3) is 0 Å². The van der Waals surface area contributed by atoms with Gasteiger partial charge < -0.3 is 14.3 Å². The molecule has 0 aliphatic carbocycles. The molecule has 0 bridgehead atoms. The zero-order valence-electron chi connectivity index (χ0n) is 4.35. The molecule has 0 aliphatic rings. The molecule has 48 valence electrons. The normalized spacial score (nSPS) is 11.3. The Balaban J connectivity index is 3.08. The number of hydrogen-bond donors (Lipinski definition) is 2. The van der Waals surface area contributed by atoms with E-state index in [-0.39, 0.29) is 0 Å². The van der Waals surface area contributed by atoms with E-state index in [0.717, 1.165) is 12.8 Å². The van der Waals surface area contributed by atoms with Crippen LogP contribution in [0.5, 0.6) is 0 Å². The molecule has 0 heterocycles. The fraction of sp³-hybridized carbons (Fsp3) is 0. The first-order valence-corrected chi connectivity index (χ1v) is 3.67. The van der Waals surface area contributed by atoms with Gasteiger partial charge in [-0.2, -0.15) is 0 Å². The lowest BCUT2D eigenvalue weighted by atomic mass is 11.4. The molecular weight excluding hydrogens is 156 g/mol. The van der Waals surface area contributed by atoms with Crippen molar-refractivity contribution in [3.63, 3.8) is 0 Å². The molecule has 0 saturated heterocycles. The maximum atomic E-state index is 8.08. The summed E-state index contributed by atoms with van der Waals surface area (Å²) in [5.41, 5.74) is 0. The van der Waals surface area contributed by atoms with Gasteiger partial charge in [0, 0.05) is 0 Å². The highest BCUT2D eigenvalue weighted by Crippen LogP contribution is 1.61. The summed E-state index contributed by atoms with van der Waals surface area (Å²) in [7, 11) is -1.02. The molecule has 0 spiro atoms. The summed E-state index contributed by atoms with van der Waals surface area (Å²) in [5, 5.41) is 0. The van der Waals surface area contributed by atoms with Crippen molar-refractivity contribution in [2.24, 2.45) is 9.32 Å². The Kier molecular flexibility index (Phi) is 7.07. The Hall–Kier alpha value is -0.506. The van der Waals surface area contributed by atoms with Crippen LogP contribution in [0.3, 0.4) is 0 Å². The highest BCUT2D eigenvalue weighted by molar-refractivity contribution is 6.25. The number of nitrogens with zero attached hydrogens (tertiary/aromatic N) is 2. The van der Waals surface area contributed by atoms with Gasteiger partial charge in [-0.15, -0.1) is 0 Å². The maximum absolute atomic E-state index is 8.08. The van der Waals surface area contributed by atoms with Crippen LogP contribution >= 0.6 is 0 Å². The summed E-state index contributed by atoms with van der Waals surface area (Å²) in [6.45, 7) is 0. The Morgan fingerprint density at radius 1 is 1.11 bits per heavy atom. The predicted octanol–water partition coefficient (Wildman–Crippen LogP) is -1.89. The fourth-order valence-corrected chi connectivity index (χ4v) is 0.351. The summed E-state index contributed by atoms with van der Waals surface area (Å²) >= 11 is 0. The first-order chi connectivity index (χ1) is 4.41. The van der Waals surface area contributed by atoms with Crippen LogP contribution < -0.4 is 0 Å². The van der Waals surface area contributed by atoms with Gasteiger partial charge in [0.1, 0.15) is 0 Å². The quantitative estimate of drug-likeness (QED) is 0.287. The van der Waals surface area contributed by atoms with E-state index in [1.165, 1.54) is 0 Å². The van der Waals surface area contributed by atoms with Crippen molar-refractivity contribution >= 4 is 32.7 Å². The van der Waals surface area contributed by atoms with Gasteiger partial charge in [-0.1, -0.05) is 0 Å². The molecule has 4 radical (unpaired) electrons. The summed E-state index contributed by atoms with van der Waals surface area (Å²) in [6, 6.07) is 0. The van der Waals surface area contributed by atoms with Crippen LogP contribution in [0.4, 0.5) is 0 Å². The Labute approximate surface area is 57.2 Å². The molecule has 0 fully saturated rings. The van der Waals surface area contributed by atoms with Crippen molar-refractivity contribution in [2.75, 3.05) is 0 Å². The number of rotatable bonds is 4. The largest absolute Gasteiger partial charge is 0.437 e. The molecule has 0 aliphatic heterocycles. The summed E-state index contributed by atoms with van der Waals surface area (Å²) < 4.78 is 11.0. The van der Waals surface area contributed by atoms with Crippen LogP contribution in [0.25, 0.3) is 0 Å². The highest BCUT2D eigenvalue weighted by Gasteiger charge is 1.73. The molecule has 0 aromatic rings. The Bertz CT molecular complexity index is 94.0. The molecule has 2 N–H and O–H groups in total. The third-order valence-corrected chi connectivity index (χ3v) is 0.784. The average Bonchev–Trinajstić information content (AvgIpc) is 1.89. The molecule has 0 amide bonds. The second-order valence-electron chi connectivity index (χ2n) is 0.805. The van der Waals surface area contributed by atoms with Crippen LogP contribution in [0.2, 0.25) is 0 Å². The smallest absolute Gasteiger partial charge is 0.402 e. The third kappa shape index (κ3) is 7.49. The lowest BCUT2D eigenvalue weighted by Gasteiger charge is -1.82. The molecular formula is C2H4N2O3Si2. The van der Waals surface area contributed by atoms with Gasteiger partial charge in [0.15, 0.2) is 12.8 Å². The molecule has 7 heteroatoms. The Morgan fingerprint density at radius 3 is 1.89 bits per heavy atom. The van der Waals surface area contributed by atoms with E-state index < -0.39 is 19.8 Å². The van der Waals surface area contributed by atoms with Crippen molar-refractivity contribution in [3.8, 4) is 0 Å². The van der Waals surface area contributed by atoms with Crippen molar-refractivity contribution in [1.82, 2.24) is 0 Å². The van der Waals surface area contributed by atoms with Crippen molar-refractivity contribution < 1.29 is 14.3 Å². The maximum Gasteiger partial charge on any atom is 0.402 e. The van der Waals surface area contributed by atoms with E-state index in [0.29, 0.717) is 0 Å².